The zero-order chi connectivity index (χ0) is 15.1. The molecule has 2 aromatic rings. The fourth-order valence-electron chi connectivity index (χ4n) is 1.53. The highest BCUT2D eigenvalue weighted by atomic mass is 35.5. The van der Waals surface area contributed by atoms with Crippen LogP contribution in [0.3, 0.4) is 0 Å². The van der Waals surface area contributed by atoms with E-state index in [2.05, 4.69) is 27.5 Å². The summed E-state index contributed by atoms with van der Waals surface area (Å²) in [7, 11) is 0. The number of carbonyl (C=O) groups excluding carboxylic acids is 1. The van der Waals surface area contributed by atoms with Gasteiger partial charge in [0.05, 0.1) is 6.54 Å². The molecule has 0 saturated heterocycles. The van der Waals surface area contributed by atoms with E-state index in [1.54, 1.807) is 42.5 Å². The van der Waals surface area contributed by atoms with E-state index in [1.165, 1.54) is 0 Å². The highest BCUT2D eigenvalue weighted by Crippen LogP contribution is 2.13. The summed E-state index contributed by atoms with van der Waals surface area (Å²) in [5.41, 5.74) is 6.48. The number of aromatic nitrogens is 1. The van der Waals surface area contributed by atoms with Crippen LogP contribution in [0.2, 0.25) is 5.02 Å². The fraction of sp³-hybridized carbons (Fsp3) is 0.0667. The van der Waals surface area contributed by atoms with Gasteiger partial charge in [-0.05, 0) is 42.3 Å². The monoisotopic (exact) mass is 300 g/mol. The molecule has 1 aromatic heterocycles. The van der Waals surface area contributed by atoms with Gasteiger partial charge in [0.1, 0.15) is 11.5 Å². The van der Waals surface area contributed by atoms with Crippen LogP contribution in [-0.2, 0) is 0 Å². The van der Waals surface area contributed by atoms with Gasteiger partial charge in [-0.2, -0.15) is 0 Å². The maximum Gasteiger partial charge on any atom is 0.324 e. The van der Waals surface area contributed by atoms with Crippen molar-refractivity contribution < 1.29 is 4.79 Å². The van der Waals surface area contributed by atoms with Gasteiger partial charge in [0.2, 0.25) is 0 Å². The van der Waals surface area contributed by atoms with E-state index in [9.17, 15) is 4.79 Å². The third kappa shape index (κ3) is 4.80. The summed E-state index contributed by atoms with van der Waals surface area (Å²) in [6.45, 7) is 0.260. The molecular weight excluding hydrogens is 288 g/mol. The van der Waals surface area contributed by atoms with Crippen LogP contribution in [0.25, 0.3) is 0 Å². The summed E-state index contributed by atoms with van der Waals surface area (Å²) in [5.74, 6) is 5.91. The van der Waals surface area contributed by atoms with Gasteiger partial charge in [0, 0.05) is 10.7 Å². The maximum atomic E-state index is 11.8. The summed E-state index contributed by atoms with van der Waals surface area (Å²) in [5, 5.41) is 5.91. The largest absolute Gasteiger partial charge is 0.324 e. The van der Waals surface area contributed by atoms with Crippen molar-refractivity contribution in [2.75, 3.05) is 17.2 Å². The number of benzene rings is 1. The molecule has 0 saturated carbocycles. The number of hydrogen-bond donors (Lipinski definition) is 3. The Kier molecular flexibility index (Phi) is 5.16. The Morgan fingerprint density at radius 2 is 1.95 bits per heavy atom. The van der Waals surface area contributed by atoms with E-state index in [-0.39, 0.29) is 6.54 Å². The molecule has 5 nitrogen and oxygen atoms in total. The minimum Gasteiger partial charge on any atom is -0.320 e. The van der Waals surface area contributed by atoms with Gasteiger partial charge in [-0.15, -0.1) is 0 Å². The van der Waals surface area contributed by atoms with Crippen LogP contribution in [0.4, 0.5) is 16.3 Å². The quantitative estimate of drug-likeness (QED) is 0.746. The van der Waals surface area contributed by atoms with E-state index in [1.807, 2.05) is 0 Å². The molecule has 0 fully saturated rings. The molecule has 0 unspecified atom stereocenters. The van der Waals surface area contributed by atoms with Gasteiger partial charge in [0.15, 0.2) is 0 Å². The lowest BCUT2D eigenvalue weighted by Crippen LogP contribution is -2.20. The van der Waals surface area contributed by atoms with Crippen LogP contribution in [-0.4, -0.2) is 17.6 Å². The first-order valence-corrected chi connectivity index (χ1v) is 6.55. The number of carbonyl (C=O) groups is 1. The van der Waals surface area contributed by atoms with E-state index >= 15 is 0 Å². The topological polar surface area (TPSA) is 80.0 Å². The Morgan fingerprint density at radius 1 is 1.19 bits per heavy atom. The van der Waals surface area contributed by atoms with Crippen LogP contribution in [0.5, 0.6) is 0 Å². The molecule has 4 N–H and O–H groups in total. The molecule has 2 rings (SSSR count). The molecule has 106 valence electrons. The fourth-order valence-corrected chi connectivity index (χ4v) is 1.65. The third-order valence-corrected chi connectivity index (χ3v) is 2.66. The predicted molar refractivity (Wildman–Crippen MR) is 84.3 cm³/mol. The number of halogens is 1. The Labute approximate surface area is 127 Å². The van der Waals surface area contributed by atoms with Gasteiger partial charge in [-0.25, -0.2) is 9.78 Å². The number of anilines is 2. The second-order valence-corrected chi connectivity index (χ2v) is 4.44. The molecule has 6 heteroatoms. The zero-order valence-corrected chi connectivity index (χ0v) is 11.8. The number of nitrogens with one attached hydrogen (secondary N) is 2. The highest BCUT2D eigenvalue weighted by Gasteiger charge is 2.03. The number of urea groups is 1. The molecule has 0 spiro atoms. The molecule has 0 aliphatic heterocycles. The van der Waals surface area contributed by atoms with Crippen molar-refractivity contribution in [2.45, 2.75) is 0 Å². The number of amides is 2. The zero-order valence-electron chi connectivity index (χ0n) is 11.1. The van der Waals surface area contributed by atoms with Crippen LogP contribution >= 0.6 is 11.6 Å². The van der Waals surface area contributed by atoms with Crippen LogP contribution in [0, 0.1) is 11.8 Å². The maximum absolute atomic E-state index is 11.8. The Hall–Kier alpha value is -2.55. The number of nitrogens with two attached hydrogens (primary N) is 1. The van der Waals surface area contributed by atoms with Gasteiger partial charge < -0.3 is 11.1 Å². The second-order valence-electron chi connectivity index (χ2n) is 4.00. The van der Waals surface area contributed by atoms with Crippen molar-refractivity contribution in [3.63, 3.8) is 0 Å². The number of nitrogens with zero attached hydrogens (tertiary/aromatic N) is 1. The van der Waals surface area contributed by atoms with Crippen molar-refractivity contribution >= 4 is 29.1 Å². The van der Waals surface area contributed by atoms with Crippen LogP contribution < -0.4 is 16.4 Å². The molecular formula is C15H13ClN4O. The van der Waals surface area contributed by atoms with Gasteiger partial charge in [-0.3, -0.25) is 5.32 Å². The average Bonchev–Trinajstić information content (AvgIpc) is 2.48. The van der Waals surface area contributed by atoms with Gasteiger partial charge in [-0.1, -0.05) is 23.6 Å². The number of hydrogen-bond acceptors (Lipinski definition) is 3. The van der Waals surface area contributed by atoms with Crippen molar-refractivity contribution in [3.8, 4) is 11.8 Å². The highest BCUT2D eigenvalue weighted by molar-refractivity contribution is 6.30. The summed E-state index contributed by atoms with van der Waals surface area (Å²) < 4.78 is 0. The Morgan fingerprint density at radius 3 is 2.67 bits per heavy atom. The van der Waals surface area contributed by atoms with E-state index in [0.29, 0.717) is 22.2 Å². The minimum atomic E-state index is -0.395. The molecule has 2 amide bonds. The van der Waals surface area contributed by atoms with Crippen LogP contribution in [0.15, 0.2) is 42.5 Å². The van der Waals surface area contributed by atoms with Crippen LogP contribution in [0.1, 0.15) is 5.69 Å². The Balaban J connectivity index is 2.00. The SMILES string of the molecule is NCC#Cc1cccc(NC(=O)Nc2ccc(Cl)cc2)n1. The first-order chi connectivity index (χ1) is 10.2. The third-order valence-electron chi connectivity index (χ3n) is 2.41. The molecule has 0 bridgehead atoms. The van der Waals surface area contributed by atoms with E-state index in [4.69, 9.17) is 17.3 Å². The lowest BCUT2D eigenvalue weighted by Gasteiger charge is -2.07. The van der Waals surface area contributed by atoms with Crippen molar-refractivity contribution in [1.29, 1.82) is 0 Å². The normalized spacial score (nSPS) is 9.43. The molecule has 0 aliphatic rings. The Bertz CT molecular complexity index is 689. The summed E-state index contributed by atoms with van der Waals surface area (Å²) in [6, 6.07) is 11.6. The molecule has 21 heavy (non-hydrogen) atoms. The summed E-state index contributed by atoms with van der Waals surface area (Å²) in [4.78, 5) is 16.0. The predicted octanol–water partition coefficient (Wildman–Crippen LogP) is 2.69. The molecule has 1 aromatic carbocycles. The lowest BCUT2D eigenvalue weighted by molar-refractivity contribution is 0.262. The number of rotatable bonds is 2. The first-order valence-electron chi connectivity index (χ1n) is 6.17. The van der Waals surface area contributed by atoms with E-state index in [0.717, 1.165) is 0 Å². The van der Waals surface area contributed by atoms with Crippen molar-refractivity contribution in [3.05, 3.63) is 53.2 Å². The molecule has 0 atom stereocenters. The standard InChI is InChI=1S/C15H13ClN4O/c16-11-6-8-13(9-7-11)19-15(21)20-14-5-1-3-12(18-14)4-2-10-17/h1,3,5-9H,10,17H2,(H2,18,19,20,21). The first kappa shape index (κ1) is 14.9. The summed E-state index contributed by atoms with van der Waals surface area (Å²) in [6.07, 6.45) is 0. The molecule has 0 aliphatic carbocycles. The molecule has 1 heterocycles. The van der Waals surface area contributed by atoms with Gasteiger partial charge >= 0.3 is 6.03 Å². The van der Waals surface area contributed by atoms with Crippen molar-refractivity contribution in [1.82, 2.24) is 4.98 Å². The summed E-state index contributed by atoms with van der Waals surface area (Å²) >= 11 is 5.78. The average molecular weight is 301 g/mol. The second kappa shape index (κ2) is 7.29. The van der Waals surface area contributed by atoms with Gasteiger partial charge in [0.25, 0.3) is 0 Å². The lowest BCUT2D eigenvalue weighted by atomic mass is 10.3. The smallest absolute Gasteiger partial charge is 0.320 e. The minimum absolute atomic E-state index is 0.260. The van der Waals surface area contributed by atoms with Crippen molar-refractivity contribution in [2.24, 2.45) is 5.73 Å². The number of pyridine rings is 1. The van der Waals surface area contributed by atoms with E-state index < -0.39 is 6.03 Å². The molecule has 0 radical (unpaired) electrons.